The maximum Gasteiger partial charge on any atom is 0.234 e. The highest BCUT2D eigenvalue weighted by Gasteiger charge is 2.21. The lowest BCUT2D eigenvalue weighted by Gasteiger charge is -2.16. The molecule has 1 atom stereocenters. The van der Waals surface area contributed by atoms with Gasteiger partial charge in [0.25, 0.3) is 0 Å². The van der Waals surface area contributed by atoms with E-state index in [1.165, 1.54) is 0 Å². The van der Waals surface area contributed by atoms with E-state index < -0.39 is 35.2 Å². The van der Waals surface area contributed by atoms with Crippen LogP contribution in [0, 0.1) is 17.5 Å². The monoisotopic (exact) mass is 478 g/mol. The molecule has 1 N–H and O–H groups in total. The predicted octanol–water partition coefficient (Wildman–Crippen LogP) is 4.76. The van der Waals surface area contributed by atoms with Crippen LogP contribution in [0.2, 0.25) is 0 Å². The Morgan fingerprint density at radius 3 is 2.52 bits per heavy atom. The van der Waals surface area contributed by atoms with Crippen molar-refractivity contribution in [2.45, 2.75) is 24.7 Å². The van der Waals surface area contributed by atoms with Crippen LogP contribution in [0.5, 0.6) is 11.5 Å². The van der Waals surface area contributed by atoms with Crippen molar-refractivity contribution < 1.29 is 27.4 Å². The Bertz CT molecular complexity index is 1140. The van der Waals surface area contributed by atoms with Crippen LogP contribution >= 0.6 is 11.8 Å². The van der Waals surface area contributed by atoms with Crippen molar-refractivity contribution >= 4 is 23.4 Å². The Balaban J connectivity index is 1.67. The van der Waals surface area contributed by atoms with Gasteiger partial charge in [-0.05, 0) is 43.3 Å². The van der Waals surface area contributed by atoms with Gasteiger partial charge in [0.1, 0.15) is 11.5 Å². The summed E-state index contributed by atoms with van der Waals surface area (Å²) in [6.45, 7) is 5.90. The van der Waals surface area contributed by atoms with Crippen LogP contribution in [-0.4, -0.2) is 33.5 Å². The van der Waals surface area contributed by atoms with Crippen LogP contribution < -0.4 is 14.8 Å². The van der Waals surface area contributed by atoms with Gasteiger partial charge in [0.05, 0.1) is 18.6 Å². The van der Waals surface area contributed by atoms with Gasteiger partial charge in [0.15, 0.2) is 34.5 Å². The first-order valence-corrected chi connectivity index (χ1v) is 10.7. The van der Waals surface area contributed by atoms with Crippen LogP contribution in [0.15, 0.2) is 54.2 Å². The highest BCUT2D eigenvalue weighted by atomic mass is 32.2. The number of hydrogen-bond acceptors (Lipinski definition) is 6. The molecule has 0 saturated heterocycles. The highest BCUT2D eigenvalue weighted by Crippen LogP contribution is 2.26. The summed E-state index contributed by atoms with van der Waals surface area (Å²) in [7, 11) is 1.57. The number of rotatable bonds is 10. The standard InChI is InChI=1S/C22H21F3N4O3S/c1-4-11-29-21(13(2)32-15-7-5-14(31-3)6-8-15)27-28-22(29)33-12-18(30)26-17-10-9-16(23)19(24)20(17)25/h4-10,13H,1,11-12H2,2-3H3,(H,26,30). The quantitative estimate of drug-likeness (QED) is 0.257. The zero-order valence-corrected chi connectivity index (χ0v) is 18.7. The lowest BCUT2D eigenvalue weighted by atomic mass is 10.3. The summed E-state index contributed by atoms with van der Waals surface area (Å²) in [5.74, 6) is -3.42. The number of ether oxygens (including phenoxy) is 2. The minimum absolute atomic E-state index is 0.165. The number of allylic oxidation sites excluding steroid dienone is 1. The summed E-state index contributed by atoms with van der Waals surface area (Å²) < 4.78 is 53.0. The molecule has 0 aliphatic rings. The molecule has 2 aromatic carbocycles. The third kappa shape index (κ3) is 5.86. The second-order valence-corrected chi connectivity index (χ2v) is 7.68. The molecule has 33 heavy (non-hydrogen) atoms. The van der Waals surface area contributed by atoms with Crippen molar-refractivity contribution in [1.82, 2.24) is 14.8 Å². The topological polar surface area (TPSA) is 78.3 Å². The fourth-order valence-corrected chi connectivity index (χ4v) is 3.61. The molecular weight excluding hydrogens is 457 g/mol. The molecule has 1 aromatic heterocycles. The zero-order valence-electron chi connectivity index (χ0n) is 17.8. The van der Waals surface area contributed by atoms with Crippen LogP contribution in [0.25, 0.3) is 0 Å². The molecule has 7 nitrogen and oxygen atoms in total. The molecule has 1 amide bonds. The van der Waals surface area contributed by atoms with Gasteiger partial charge in [-0.1, -0.05) is 17.8 Å². The van der Waals surface area contributed by atoms with Crippen molar-refractivity contribution in [2.24, 2.45) is 0 Å². The van der Waals surface area contributed by atoms with Gasteiger partial charge in [-0.15, -0.1) is 16.8 Å². The minimum atomic E-state index is -1.65. The van der Waals surface area contributed by atoms with Crippen molar-refractivity contribution in [3.05, 3.63) is 72.3 Å². The SMILES string of the molecule is C=CCn1c(SCC(=O)Nc2ccc(F)c(F)c2F)nnc1C(C)Oc1ccc(OC)cc1. The number of carbonyl (C=O) groups excluding carboxylic acids is 1. The Hall–Kier alpha value is -3.47. The van der Waals surface area contributed by atoms with Crippen LogP contribution in [0.4, 0.5) is 18.9 Å². The third-order valence-electron chi connectivity index (χ3n) is 4.43. The van der Waals surface area contributed by atoms with Crippen LogP contribution in [0.3, 0.4) is 0 Å². The molecular formula is C22H21F3N4O3S. The molecule has 0 bridgehead atoms. The lowest BCUT2D eigenvalue weighted by Crippen LogP contribution is -2.17. The zero-order chi connectivity index (χ0) is 24.0. The Labute approximate surface area is 192 Å². The van der Waals surface area contributed by atoms with Gasteiger partial charge >= 0.3 is 0 Å². The Morgan fingerprint density at radius 2 is 1.85 bits per heavy atom. The van der Waals surface area contributed by atoms with Crippen molar-refractivity contribution in [3.63, 3.8) is 0 Å². The number of halogens is 3. The normalized spacial score (nSPS) is 11.7. The Morgan fingerprint density at radius 1 is 1.15 bits per heavy atom. The lowest BCUT2D eigenvalue weighted by molar-refractivity contribution is -0.113. The first-order valence-electron chi connectivity index (χ1n) is 9.74. The van der Waals surface area contributed by atoms with Crippen LogP contribution in [-0.2, 0) is 11.3 Å². The predicted molar refractivity (Wildman–Crippen MR) is 118 cm³/mol. The number of aromatic nitrogens is 3. The largest absolute Gasteiger partial charge is 0.497 e. The van der Waals surface area contributed by atoms with E-state index in [-0.39, 0.29) is 5.75 Å². The third-order valence-corrected chi connectivity index (χ3v) is 5.40. The number of nitrogens with zero attached hydrogens (tertiary/aromatic N) is 3. The fraction of sp³-hybridized carbons (Fsp3) is 0.227. The van der Waals surface area contributed by atoms with E-state index in [1.807, 2.05) is 0 Å². The van der Waals surface area contributed by atoms with Crippen molar-refractivity contribution in [1.29, 1.82) is 0 Å². The highest BCUT2D eigenvalue weighted by molar-refractivity contribution is 7.99. The molecule has 0 fully saturated rings. The summed E-state index contributed by atoms with van der Waals surface area (Å²) in [4.78, 5) is 12.2. The van der Waals surface area contributed by atoms with Crippen LogP contribution in [0.1, 0.15) is 18.9 Å². The second kappa shape index (κ2) is 10.9. The molecule has 3 aromatic rings. The fourth-order valence-electron chi connectivity index (χ4n) is 2.86. The first kappa shape index (κ1) is 24.2. The number of amides is 1. The number of methoxy groups -OCH3 is 1. The minimum Gasteiger partial charge on any atom is -0.497 e. The summed E-state index contributed by atoms with van der Waals surface area (Å²) in [5.41, 5.74) is -0.450. The van der Waals surface area contributed by atoms with Gasteiger partial charge in [0, 0.05) is 6.54 Å². The molecule has 0 aliphatic carbocycles. The second-order valence-electron chi connectivity index (χ2n) is 6.74. The van der Waals surface area contributed by atoms with E-state index in [1.54, 1.807) is 48.9 Å². The first-order chi connectivity index (χ1) is 15.8. The number of carbonyl (C=O) groups is 1. The summed E-state index contributed by atoms with van der Waals surface area (Å²) in [6.07, 6.45) is 1.18. The number of thioether (sulfide) groups is 1. The average molecular weight is 478 g/mol. The summed E-state index contributed by atoms with van der Waals surface area (Å²) in [5, 5.41) is 10.9. The molecule has 0 radical (unpaired) electrons. The molecule has 1 unspecified atom stereocenters. The molecule has 174 valence electrons. The molecule has 11 heteroatoms. The molecule has 3 rings (SSSR count). The molecule has 0 aliphatic heterocycles. The van der Waals surface area contributed by atoms with E-state index >= 15 is 0 Å². The van der Waals surface area contributed by atoms with E-state index in [9.17, 15) is 18.0 Å². The van der Waals surface area contributed by atoms with E-state index in [4.69, 9.17) is 9.47 Å². The molecule has 0 saturated carbocycles. The van der Waals surface area contributed by atoms with E-state index in [0.717, 1.165) is 23.9 Å². The van der Waals surface area contributed by atoms with Gasteiger partial charge in [-0.2, -0.15) is 0 Å². The summed E-state index contributed by atoms with van der Waals surface area (Å²) in [6, 6.07) is 8.76. The maximum atomic E-state index is 13.8. The summed E-state index contributed by atoms with van der Waals surface area (Å²) >= 11 is 1.04. The Kier molecular flexibility index (Phi) is 7.99. The number of anilines is 1. The smallest absolute Gasteiger partial charge is 0.234 e. The van der Waals surface area contributed by atoms with Crippen molar-refractivity contribution in [2.75, 3.05) is 18.2 Å². The molecule has 0 spiro atoms. The number of hydrogen-bond donors (Lipinski definition) is 1. The van der Waals surface area contributed by atoms with Gasteiger partial charge in [-0.25, -0.2) is 13.2 Å². The van der Waals surface area contributed by atoms with Gasteiger partial charge in [0.2, 0.25) is 5.91 Å². The van der Waals surface area contributed by atoms with E-state index in [2.05, 4.69) is 22.1 Å². The molecule has 1 heterocycles. The van der Waals surface area contributed by atoms with Crippen molar-refractivity contribution in [3.8, 4) is 11.5 Å². The van der Waals surface area contributed by atoms with E-state index in [0.29, 0.717) is 29.0 Å². The van der Waals surface area contributed by atoms with Gasteiger partial charge in [-0.3, -0.25) is 9.36 Å². The number of benzene rings is 2. The number of nitrogens with one attached hydrogen (secondary N) is 1. The average Bonchev–Trinajstić information content (AvgIpc) is 3.21. The van der Waals surface area contributed by atoms with Gasteiger partial charge < -0.3 is 14.8 Å². The maximum absolute atomic E-state index is 13.8.